The minimum absolute atomic E-state index is 0.111. The molecular formula is C16H30N4O. The number of carbonyl (C=O) groups excluding carboxylic acids is 1. The van der Waals surface area contributed by atoms with E-state index in [1.807, 2.05) is 37.3 Å². The van der Waals surface area contributed by atoms with Gasteiger partial charge in [-0.05, 0) is 48.5 Å². The fraction of sp³-hybridized carbons (Fsp3) is 0.750. The average Bonchev–Trinajstić information content (AvgIpc) is 2.74. The number of hydrogen-bond acceptors (Lipinski definition) is 3. The zero-order valence-corrected chi connectivity index (χ0v) is 14.5. The molecule has 0 fully saturated rings. The van der Waals surface area contributed by atoms with Crippen LogP contribution in [0.2, 0.25) is 0 Å². The first-order valence-corrected chi connectivity index (χ1v) is 7.95. The Bertz CT molecular complexity index is 477. The maximum atomic E-state index is 12.3. The molecule has 0 aromatic carbocycles. The lowest BCUT2D eigenvalue weighted by Gasteiger charge is -2.26. The Morgan fingerprint density at radius 1 is 1.24 bits per heavy atom. The molecule has 0 aliphatic rings. The van der Waals surface area contributed by atoms with Gasteiger partial charge in [0.2, 0.25) is 5.91 Å². The lowest BCUT2D eigenvalue weighted by Crippen LogP contribution is -2.45. The Kier molecular flexibility index (Phi) is 6.40. The summed E-state index contributed by atoms with van der Waals surface area (Å²) in [7, 11) is 0. The number of carbonyl (C=O) groups is 1. The third kappa shape index (κ3) is 3.84. The third-order valence-electron chi connectivity index (χ3n) is 4.12. The predicted octanol–water partition coefficient (Wildman–Crippen LogP) is 2.43. The molecule has 21 heavy (non-hydrogen) atoms. The van der Waals surface area contributed by atoms with Crippen molar-refractivity contribution in [2.75, 3.05) is 13.1 Å². The van der Waals surface area contributed by atoms with E-state index in [9.17, 15) is 4.79 Å². The van der Waals surface area contributed by atoms with Gasteiger partial charge in [0.05, 0.1) is 11.7 Å². The van der Waals surface area contributed by atoms with Crippen molar-refractivity contribution in [2.45, 2.75) is 67.1 Å². The summed E-state index contributed by atoms with van der Waals surface area (Å²) >= 11 is 0. The number of hydrogen-bond donors (Lipinski definition) is 1. The van der Waals surface area contributed by atoms with Crippen molar-refractivity contribution in [3.05, 3.63) is 17.0 Å². The largest absolute Gasteiger partial charge is 0.342 e. The molecule has 5 heteroatoms. The molecule has 1 N–H and O–H groups in total. The average molecular weight is 294 g/mol. The molecule has 0 spiro atoms. The molecular weight excluding hydrogens is 264 g/mol. The summed E-state index contributed by atoms with van der Waals surface area (Å²) < 4.78 is 2.01. The van der Waals surface area contributed by atoms with Crippen molar-refractivity contribution in [3.8, 4) is 0 Å². The van der Waals surface area contributed by atoms with E-state index in [4.69, 9.17) is 0 Å². The molecule has 0 aliphatic heterocycles. The molecule has 120 valence electrons. The van der Waals surface area contributed by atoms with Gasteiger partial charge in [0.1, 0.15) is 0 Å². The highest BCUT2D eigenvalue weighted by Gasteiger charge is 2.23. The number of nitrogens with zero attached hydrogens (tertiary/aromatic N) is 3. The van der Waals surface area contributed by atoms with E-state index in [1.54, 1.807) is 0 Å². The molecule has 0 saturated carbocycles. The van der Waals surface area contributed by atoms with Crippen molar-refractivity contribution in [1.29, 1.82) is 0 Å². The summed E-state index contributed by atoms with van der Waals surface area (Å²) in [5.41, 5.74) is 3.42. The highest BCUT2D eigenvalue weighted by molar-refractivity contribution is 5.81. The molecule has 2 unspecified atom stereocenters. The first-order valence-electron chi connectivity index (χ1n) is 7.95. The van der Waals surface area contributed by atoms with E-state index in [1.165, 1.54) is 11.3 Å². The SMILES string of the molecule is CCN(CC)C(=O)C(C)NC(C)c1c(C)nn(CC)c1C. The molecule has 1 aromatic heterocycles. The van der Waals surface area contributed by atoms with Crippen LogP contribution in [-0.4, -0.2) is 39.7 Å². The third-order valence-corrected chi connectivity index (χ3v) is 4.12. The van der Waals surface area contributed by atoms with Crippen molar-refractivity contribution in [3.63, 3.8) is 0 Å². The lowest BCUT2D eigenvalue weighted by atomic mass is 10.1. The zero-order chi connectivity index (χ0) is 16.2. The normalized spacial score (nSPS) is 14.0. The summed E-state index contributed by atoms with van der Waals surface area (Å²) in [6.07, 6.45) is 0. The van der Waals surface area contributed by atoms with E-state index in [2.05, 4.69) is 31.2 Å². The van der Waals surface area contributed by atoms with Crippen molar-refractivity contribution >= 4 is 5.91 Å². The van der Waals surface area contributed by atoms with Crippen LogP contribution >= 0.6 is 0 Å². The minimum Gasteiger partial charge on any atom is -0.342 e. The number of aryl methyl sites for hydroxylation is 2. The number of aromatic nitrogens is 2. The van der Waals surface area contributed by atoms with Crippen LogP contribution in [0, 0.1) is 13.8 Å². The van der Waals surface area contributed by atoms with Gasteiger partial charge in [-0.2, -0.15) is 5.10 Å². The molecule has 1 aromatic rings. The second kappa shape index (κ2) is 7.59. The summed E-state index contributed by atoms with van der Waals surface area (Å²) in [5, 5.41) is 7.97. The fourth-order valence-corrected chi connectivity index (χ4v) is 2.98. The van der Waals surface area contributed by atoms with Crippen molar-refractivity contribution in [1.82, 2.24) is 20.0 Å². The van der Waals surface area contributed by atoms with Crippen molar-refractivity contribution in [2.24, 2.45) is 0 Å². The first kappa shape index (κ1) is 17.7. The molecule has 2 atom stereocenters. The van der Waals surface area contributed by atoms with Gasteiger partial charge in [-0.25, -0.2) is 0 Å². The van der Waals surface area contributed by atoms with Gasteiger partial charge in [0.25, 0.3) is 0 Å². The Hall–Kier alpha value is -1.36. The van der Waals surface area contributed by atoms with Crippen LogP contribution in [0.25, 0.3) is 0 Å². The number of amides is 1. The van der Waals surface area contributed by atoms with Gasteiger partial charge < -0.3 is 4.90 Å². The lowest BCUT2D eigenvalue weighted by molar-refractivity contribution is -0.132. The van der Waals surface area contributed by atoms with Gasteiger partial charge >= 0.3 is 0 Å². The Balaban J connectivity index is 2.84. The maximum Gasteiger partial charge on any atom is 0.239 e. The Morgan fingerprint density at radius 2 is 1.81 bits per heavy atom. The van der Waals surface area contributed by atoms with E-state index in [-0.39, 0.29) is 18.0 Å². The minimum atomic E-state index is -0.191. The number of rotatable bonds is 7. The fourth-order valence-electron chi connectivity index (χ4n) is 2.98. The second-order valence-electron chi connectivity index (χ2n) is 5.52. The number of nitrogens with one attached hydrogen (secondary N) is 1. The second-order valence-corrected chi connectivity index (χ2v) is 5.52. The van der Waals surface area contributed by atoms with Crippen LogP contribution in [0.5, 0.6) is 0 Å². The standard InChI is InChI=1S/C16H30N4O/c1-8-19(9-2)16(21)13(6)17-11(4)15-12(5)18-20(10-3)14(15)7/h11,13,17H,8-10H2,1-7H3. The van der Waals surface area contributed by atoms with Crippen LogP contribution in [0.1, 0.15) is 57.6 Å². The van der Waals surface area contributed by atoms with E-state index >= 15 is 0 Å². The highest BCUT2D eigenvalue weighted by atomic mass is 16.2. The van der Waals surface area contributed by atoms with Crippen molar-refractivity contribution < 1.29 is 4.79 Å². The number of likely N-dealkylation sites (N-methyl/N-ethyl adjacent to an activating group) is 1. The van der Waals surface area contributed by atoms with Gasteiger partial charge in [-0.1, -0.05) is 0 Å². The monoisotopic (exact) mass is 294 g/mol. The van der Waals surface area contributed by atoms with Gasteiger partial charge in [-0.3, -0.25) is 14.8 Å². The molecule has 0 saturated heterocycles. The first-order chi connectivity index (χ1) is 9.87. The Labute approximate surface area is 128 Å². The summed E-state index contributed by atoms with van der Waals surface area (Å²) in [6.45, 7) is 16.6. The van der Waals surface area contributed by atoms with Crippen LogP contribution < -0.4 is 5.32 Å². The topological polar surface area (TPSA) is 50.2 Å². The maximum absolute atomic E-state index is 12.3. The molecule has 5 nitrogen and oxygen atoms in total. The molecule has 0 radical (unpaired) electrons. The van der Waals surface area contributed by atoms with E-state index in [0.717, 1.165) is 25.3 Å². The van der Waals surface area contributed by atoms with Crippen LogP contribution in [-0.2, 0) is 11.3 Å². The molecule has 1 heterocycles. The molecule has 1 rings (SSSR count). The predicted molar refractivity (Wildman–Crippen MR) is 86.3 cm³/mol. The molecule has 1 amide bonds. The Morgan fingerprint density at radius 3 is 2.24 bits per heavy atom. The zero-order valence-electron chi connectivity index (χ0n) is 14.5. The summed E-state index contributed by atoms with van der Waals surface area (Å²) in [4.78, 5) is 14.2. The smallest absolute Gasteiger partial charge is 0.239 e. The van der Waals surface area contributed by atoms with Crippen LogP contribution in [0.3, 0.4) is 0 Å². The van der Waals surface area contributed by atoms with Gasteiger partial charge in [0, 0.05) is 36.9 Å². The molecule has 0 aliphatic carbocycles. The van der Waals surface area contributed by atoms with Gasteiger partial charge in [0.15, 0.2) is 0 Å². The van der Waals surface area contributed by atoms with E-state index < -0.39 is 0 Å². The highest BCUT2D eigenvalue weighted by Crippen LogP contribution is 2.21. The van der Waals surface area contributed by atoms with Gasteiger partial charge in [-0.15, -0.1) is 0 Å². The summed E-state index contributed by atoms with van der Waals surface area (Å²) in [5.74, 6) is 0.157. The summed E-state index contributed by atoms with van der Waals surface area (Å²) in [6, 6.07) is -0.0801. The van der Waals surface area contributed by atoms with E-state index in [0.29, 0.717) is 0 Å². The van der Waals surface area contributed by atoms with Crippen LogP contribution in [0.4, 0.5) is 0 Å². The molecule has 0 bridgehead atoms. The quantitative estimate of drug-likeness (QED) is 0.840. The van der Waals surface area contributed by atoms with Crippen LogP contribution in [0.15, 0.2) is 0 Å².